The number of nitrogens with zero attached hydrogens (tertiary/aromatic N) is 1. The molecule has 0 aliphatic heterocycles. The van der Waals surface area contributed by atoms with Crippen molar-refractivity contribution in [2.24, 2.45) is 0 Å². The van der Waals surface area contributed by atoms with E-state index >= 15 is 0 Å². The van der Waals surface area contributed by atoms with Gasteiger partial charge < -0.3 is 4.90 Å². The van der Waals surface area contributed by atoms with Crippen LogP contribution in [0.2, 0.25) is 0 Å². The lowest BCUT2D eigenvalue weighted by molar-refractivity contribution is -0.118. The molecule has 0 aliphatic rings. The molecule has 1 amide bonds. The first kappa shape index (κ1) is 19.1. The Morgan fingerprint density at radius 2 is 1.21 bits per heavy atom. The fourth-order valence-electron chi connectivity index (χ4n) is 0.792. The maximum atomic E-state index is 10.2. The van der Waals surface area contributed by atoms with Crippen molar-refractivity contribution in [3.8, 4) is 0 Å². The Morgan fingerprint density at radius 3 is 1.36 bits per heavy atom. The lowest BCUT2D eigenvalue weighted by atomic mass is 10.4. The van der Waals surface area contributed by atoms with Crippen molar-refractivity contribution < 1.29 is 4.79 Å². The van der Waals surface area contributed by atoms with Crippen LogP contribution in [0.1, 0.15) is 60.8 Å². The molecule has 0 bridgehead atoms. The molecule has 0 saturated heterocycles. The number of amides is 1. The van der Waals surface area contributed by atoms with E-state index in [0.29, 0.717) is 0 Å². The van der Waals surface area contributed by atoms with Gasteiger partial charge in [0.1, 0.15) is 0 Å². The van der Waals surface area contributed by atoms with Crippen molar-refractivity contribution in [2.75, 3.05) is 13.1 Å². The summed E-state index contributed by atoms with van der Waals surface area (Å²) in [5, 5.41) is 0. The summed E-state index contributed by atoms with van der Waals surface area (Å²) < 4.78 is 0. The first-order chi connectivity index (χ1) is 6.76. The van der Waals surface area contributed by atoms with Crippen molar-refractivity contribution >= 4 is 6.41 Å². The summed E-state index contributed by atoms with van der Waals surface area (Å²) in [4.78, 5) is 12.0. The van der Waals surface area contributed by atoms with E-state index in [0.717, 1.165) is 32.3 Å². The molecule has 2 heteroatoms. The zero-order chi connectivity index (χ0) is 11.8. The monoisotopic (exact) mass is 203 g/mol. The molecule has 0 aromatic rings. The van der Waals surface area contributed by atoms with Crippen LogP contribution in [0.15, 0.2) is 0 Å². The van der Waals surface area contributed by atoms with Crippen LogP contribution in [-0.4, -0.2) is 24.4 Å². The van der Waals surface area contributed by atoms with Crippen LogP contribution in [0, 0.1) is 0 Å². The summed E-state index contributed by atoms with van der Waals surface area (Å²) in [6.45, 7) is 14.2. The second kappa shape index (κ2) is 22.9. The zero-order valence-corrected chi connectivity index (χ0v) is 11.0. The quantitative estimate of drug-likeness (QED) is 0.624. The molecule has 2 nitrogen and oxygen atoms in total. The van der Waals surface area contributed by atoms with Crippen LogP contribution in [0.5, 0.6) is 0 Å². The van der Waals surface area contributed by atoms with Crippen molar-refractivity contribution in [1.82, 2.24) is 4.90 Å². The van der Waals surface area contributed by atoms with Gasteiger partial charge in [0, 0.05) is 13.1 Å². The molecule has 14 heavy (non-hydrogen) atoms. The minimum atomic E-state index is 0.900. The van der Waals surface area contributed by atoms with Gasteiger partial charge in [0.2, 0.25) is 6.41 Å². The van der Waals surface area contributed by atoms with Crippen molar-refractivity contribution in [3.05, 3.63) is 0 Å². The Morgan fingerprint density at radius 1 is 0.929 bits per heavy atom. The SMILES string of the molecule is CC.CCC.CCCN(C=O)CCC. The van der Waals surface area contributed by atoms with Crippen molar-refractivity contribution in [3.63, 3.8) is 0 Å². The van der Waals surface area contributed by atoms with Crippen LogP contribution < -0.4 is 0 Å². The van der Waals surface area contributed by atoms with Gasteiger partial charge in [0.15, 0.2) is 0 Å². The molecule has 0 radical (unpaired) electrons. The minimum Gasteiger partial charge on any atom is -0.345 e. The third kappa shape index (κ3) is 22.5. The summed E-state index contributed by atoms with van der Waals surface area (Å²) in [6, 6.07) is 0. The molecule has 88 valence electrons. The Kier molecular flexibility index (Phi) is 31.2. The predicted molar refractivity (Wildman–Crippen MR) is 65.5 cm³/mol. The highest BCUT2D eigenvalue weighted by atomic mass is 16.1. The molecule has 0 heterocycles. The van der Waals surface area contributed by atoms with E-state index in [9.17, 15) is 4.79 Å². The maximum absolute atomic E-state index is 10.2. The average Bonchev–Trinajstić information content (AvgIpc) is 2.22. The number of carbonyl (C=O) groups is 1. The Labute approximate surface area is 90.7 Å². The third-order valence-electron chi connectivity index (χ3n) is 1.17. The standard InChI is InChI=1S/C7H15NO.C3H8.C2H6/c1-3-5-8(7-9)6-4-2;1-3-2;1-2/h7H,3-6H2,1-2H3;3H2,1-2H3;1-2H3. The van der Waals surface area contributed by atoms with Gasteiger partial charge in [-0.1, -0.05) is 48.0 Å². The fraction of sp³-hybridized carbons (Fsp3) is 0.917. The predicted octanol–water partition coefficient (Wildman–Crippen LogP) is 3.71. The molecule has 0 fully saturated rings. The Bertz CT molecular complexity index is 78.4. The molecule has 0 spiro atoms. The van der Waals surface area contributed by atoms with Gasteiger partial charge in [-0.25, -0.2) is 0 Å². The van der Waals surface area contributed by atoms with Gasteiger partial charge in [-0.05, 0) is 12.8 Å². The van der Waals surface area contributed by atoms with Crippen LogP contribution in [-0.2, 0) is 4.79 Å². The van der Waals surface area contributed by atoms with Crippen LogP contribution in [0.25, 0.3) is 0 Å². The van der Waals surface area contributed by atoms with Gasteiger partial charge in [0.05, 0.1) is 0 Å². The van der Waals surface area contributed by atoms with Gasteiger partial charge in [-0.3, -0.25) is 4.79 Å². The van der Waals surface area contributed by atoms with E-state index in [-0.39, 0.29) is 0 Å². The molecule has 0 atom stereocenters. The molecular weight excluding hydrogens is 174 g/mol. The molecule has 0 aliphatic carbocycles. The van der Waals surface area contributed by atoms with Gasteiger partial charge in [-0.2, -0.15) is 0 Å². The molecule has 0 N–H and O–H groups in total. The van der Waals surface area contributed by atoms with E-state index in [1.165, 1.54) is 6.42 Å². The summed E-state index contributed by atoms with van der Waals surface area (Å²) in [5.74, 6) is 0. The topological polar surface area (TPSA) is 20.3 Å². The maximum Gasteiger partial charge on any atom is 0.209 e. The summed E-state index contributed by atoms with van der Waals surface area (Å²) >= 11 is 0. The second-order valence-electron chi connectivity index (χ2n) is 2.85. The first-order valence-electron chi connectivity index (χ1n) is 5.95. The van der Waals surface area contributed by atoms with Crippen LogP contribution >= 0.6 is 0 Å². The number of hydrogen-bond acceptors (Lipinski definition) is 1. The number of carbonyl (C=O) groups excluding carboxylic acids is 1. The summed E-state index contributed by atoms with van der Waals surface area (Å²) in [5.41, 5.74) is 0. The normalized spacial score (nSPS) is 7.57. The van der Waals surface area contributed by atoms with Crippen LogP contribution in [0.3, 0.4) is 0 Å². The smallest absolute Gasteiger partial charge is 0.209 e. The molecule has 0 unspecified atom stereocenters. The minimum absolute atomic E-state index is 0.900. The third-order valence-corrected chi connectivity index (χ3v) is 1.17. The highest BCUT2D eigenvalue weighted by molar-refractivity contribution is 5.46. The highest BCUT2D eigenvalue weighted by Gasteiger charge is 1.94. The first-order valence-corrected chi connectivity index (χ1v) is 5.95. The summed E-state index contributed by atoms with van der Waals surface area (Å²) in [6.07, 6.45) is 4.28. The summed E-state index contributed by atoms with van der Waals surface area (Å²) in [7, 11) is 0. The van der Waals surface area contributed by atoms with Gasteiger partial charge in [-0.15, -0.1) is 0 Å². The zero-order valence-electron chi connectivity index (χ0n) is 11.0. The molecular formula is C12H29NO. The second-order valence-corrected chi connectivity index (χ2v) is 2.85. The molecule has 0 aromatic carbocycles. The van der Waals surface area contributed by atoms with Gasteiger partial charge >= 0.3 is 0 Å². The van der Waals surface area contributed by atoms with Crippen molar-refractivity contribution in [1.29, 1.82) is 0 Å². The fourth-order valence-corrected chi connectivity index (χ4v) is 0.792. The Hall–Kier alpha value is -0.530. The van der Waals surface area contributed by atoms with Gasteiger partial charge in [0.25, 0.3) is 0 Å². The molecule has 0 saturated carbocycles. The lowest BCUT2D eigenvalue weighted by Gasteiger charge is -2.13. The van der Waals surface area contributed by atoms with E-state index in [2.05, 4.69) is 27.7 Å². The lowest BCUT2D eigenvalue weighted by Crippen LogP contribution is -2.23. The van der Waals surface area contributed by atoms with Crippen molar-refractivity contribution in [2.45, 2.75) is 60.8 Å². The van der Waals surface area contributed by atoms with Crippen LogP contribution in [0.4, 0.5) is 0 Å². The Balaban J connectivity index is -0.000000205. The largest absolute Gasteiger partial charge is 0.345 e. The van der Waals surface area contributed by atoms with E-state index in [1.807, 2.05) is 13.8 Å². The number of hydrogen-bond donors (Lipinski definition) is 0. The number of rotatable bonds is 5. The molecule has 0 rings (SSSR count). The highest BCUT2D eigenvalue weighted by Crippen LogP contribution is 1.88. The van der Waals surface area contributed by atoms with E-state index in [4.69, 9.17) is 0 Å². The average molecular weight is 203 g/mol. The molecule has 0 aromatic heterocycles. The van der Waals surface area contributed by atoms with E-state index < -0.39 is 0 Å². The van der Waals surface area contributed by atoms with E-state index in [1.54, 1.807) is 4.90 Å².